The lowest BCUT2D eigenvalue weighted by molar-refractivity contribution is -0.132. The maximum Gasteiger partial charge on any atom is 0.295 e. The zero-order chi connectivity index (χ0) is 22.2. The highest BCUT2D eigenvalue weighted by Gasteiger charge is 2.57. The molecule has 0 saturated heterocycles. The maximum absolute atomic E-state index is 12.5. The first-order valence-corrected chi connectivity index (χ1v) is 11.3. The molecule has 3 N–H and O–H groups in total. The summed E-state index contributed by atoms with van der Waals surface area (Å²) in [7, 11) is 1.64. The molecule has 3 aliphatic rings. The molecular formula is C20H23ClN6O3S. The number of amides is 1. The summed E-state index contributed by atoms with van der Waals surface area (Å²) in [6.07, 6.45) is 6.41. The standard InChI is InChI=1S/C20H23ClN6O3S/c1-12(23-2)15(10-22)31(29)26-19(28)14-3-4-16(24-18(14)21)27-6-5-17(25-27)30-11-20-7-13(8-20)9-20/h3-6,10,13,22-23H,7-9,11H2,1-2H3,(H,26,28)/b15-12+,22-10?. The van der Waals surface area contributed by atoms with Crippen LogP contribution in [-0.4, -0.2) is 45.1 Å². The maximum atomic E-state index is 12.5. The third-order valence-corrected chi connectivity index (χ3v) is 7.31. The van der Waals surface area contributed by atoms with Crippen LogP contribution in [0.3, 0.4) is 0 Å². The molecule has 2 bridgehead atoms. The van der Waals surface area contributed by atoms with Crippen molar-refractivity contribution in [2.75, 3.05) is 13.7 Å². The lowest BCUT2D eigenvalue weighted by atomic mass is 9.45. The Bertz CT molecular complexity index is 1040. The van der Waals surface area contributed by atoms with E-state index < -0.39 is 17.3 Å². The minimum atomic E-state index is -1.91. The number of pyridine rings is 1. The van der Waals surface area contributed by atoms with Crippen molar-refractivity contribution in [2.24, 2.45) is 11.3 Å². The number of nitrogens with zero attached hydrogens (tertiary/aromatic N) is 3. The summed E-state index contributed by atoms with van der Waals surface area (Å²) in [5, 5.41) is 14.5. The molecule has 1 amide bonds. The van der Waals surface area contributed by atoms with Crippen molar-refractivity contribution in [1.29, 1.82) is 5.41 Å². The van der Waals surface area contributed by atoms with E-state index in [2.05, 4.69) is 20.1 Å². The van der Waals surface area contributed by atoms with Crippen LogP contribution in [0.5, 0.6) is 5.88 Å². The largest absolute Gasteiger partial charge is 0.588 e. The van der Waals surface area contributed by atoms with E-state index in [0.29, 0.717) is 29.4 Å². The van der Waals surface area contributed by atoms with Crippen LogP contribution >= 0.6 is 11.6 Å². The summed E-state index contributed by atoms with van der Waals surface area (Å²) in [5.74, 6) is 1.19. The Kier molecular flexibility index (Phi) is 5.96. The van der Waals surface area contributed by atoms with Gasteiger partial charge in [0.15, 0.2) is 5.82 Å². The van der Waals surface area contributed by atoms with Gasteiger partial charge in [-0.25, -0.2) is 9.67 Å². The molecule has 3 saturated carbocycles. The predicted molar refractivity (Wildman–Crippen MR) is 118 cm³/mol. The van der Waals surface area contributed by atoms with E-state index in [1.807, 2.05) is 0 Å². The molecule has 1 unspecified atom stereocenters. The number of nitrogens with one attached hydrogen (secondary N) is 3. The quantitative estimate of drug-likeness (QED) is 0.298. The topological polar surface area (TPSA) is 128 Å². The Morgan fingerprint density at radius 3 is 2.77 bits per heavy atom. The van der Waals surface area contributed by atoms with Crippen molar-refractivity contribution in [3.63, 3.8) is 0 Å². The van der Waals surface area contributed by atoms with Crippen LogP contribution in [-0.2, 0) is 11.4 Å². The number of rotatable bonds is 9. The van der Waals surface area contributed by atoms with Gasteiger partial charge in [0.05, 0.1) is 24.1 Å². The Hall–Kier alpha value is -2.56. The van der Waals surface area contributed by atoms with Crippen LogP contribution in [0, 0.1) is 16.7 Å². The monoisotopic (exact) mass is 462 g/mol. The number of aromatic nitrogens is 3. The fraction of sp³-hybridized carbons (Fsp3) is 0.400. The Morgan fingerprint density at radius 2 is 2.19 bits per heavy atom. The molecule has 0 radical (unpaired) electrons. The Balaban J connectivity index is 1.41. The zero-order valence-corrected chi connectivity index (χ0v) is 18.7. The zero-order valence-electron chi connectivity index (χ0n) is 17.1. The third kappa shape index (κ3) is 4.28. The van der Waals surface area contributed by atoms with Gasteiger partial charge in [0.25, 0.3) is 5.91 Å². The molecule has 1 atom stereocenters. The first-order chi connectivity index (χ1) is 14.8. The molecule has 2 aromatic heterocycles. The van der Waals surface area contributed by atoms with Crippen molar-refractivity contribution in [3.05, 3.63) is 45.7 Å². The molecule has 31 heavy (non-hydrogen) atoms. The van der Waals surface area contributed by atoms with Gasteiger partial charge in [-0.2, -0.15) is 4.72 Å². The van der Waals surface area contributed by atoms with Gasteiger partial charge in [-0.1, -0.05) is 11.6 Å². The molecule has 0 aromatic carbocycles. The van der Waals surface area contributed by atoms with Gasteiger partial charge in [0.1, 0.15) is 16.5 Å². The number of halogens is 1. The van der Waals surface area contributed by atoms with Crippen molar-refractivity contribution >= 4 is 35.1 Å². The van der Waals surface area contributed by atoms with Gasteiger partial charge >= 0.3 is 0 Å². The third-order valence-electron chi connectivity index (χ3n) is 5.83. The molecule has 3 fully saturated rings. The molecule has 0 spiro atoms. The predicted octanol–water partition coefficient (Wildman–Crippen LogP) is 2.59. The van der Waals surface area contributed by atoms with Crippen molar-refractivity contribution in [3.8, 4) is 11.7 Å². The van der Waals surface area contributed by atoms with E-state index >= 15 is 0 Å². The van der Waals surface area contributed by atoms with Crippen LogP contribution in [0.1, 0.15) is 36.5 Å². The van der Waals surface area contributed by atoms with Gasteiger partial charge < -0.3 is 20.0 Å². The van der Waals surface area contributed by atoms with Crippen molar-refractivity contribution < 1.29 is 14.1 Å². The van der Waals surface area contributed by atoms with E-state index in [9.17, 15) is 9.35 Å². The van der Waals surface area contributed by atoms with Gasteiger partial charge in [-0.15, -0.1) is 5.10 Å². The van der Waals surface area contributed by atoms with E-state index in [1.165, 1.54) is 30.0 Å². The van der Waals surface area contributed by atoms with E-state index in [0.717, 1.165) is 12.1 Å². The van der Waals surface area contributed by atoms with Crippen LogP contribution in [0.4, 0.5) is 0 Å². The highest BCUT2D eigenvalue weighted by Crippen LogP contribution is 2.64. The average Bonchev–Trinajstić information content (AvgIpc) is 3.15. The summed E-state index contributed by atoms with van der Waals surface area (Å²) >= 11 is 4.29. The second kappa shape index (κ2) is 8.52. The minimum absolute atomic E-state index is 0.0513. The van der Waals surface area contributed by atoms with Crippen LogP contribution in [0.2, 0.25) is 5.15 Å². The van der Waals surface area contributed by atoms with Crippen molar-refractivity contribution in [1.82, 2.24) is 24.8 Å². The van der Waals surface area contributed by atoms with E-state index in [4.69, 9.17) is 21.7 Å². The molecule has 11 heteroatoms. The summed E-state index contributed by atoms with van der Waals surface area (Å²) in [6.45, 7) is 2.34. The summed E-state index contributed by atoms with van der Waals surface area (Å²) < 4.78 is 22.0. The number of allylic oxidation sites excluding steroid dienone is 2. The molecule has 0 aliphatic heterocycles. The van der Waals surface area contributed by atoms with Gasteiger partial charge in [0.2, 0.25) is 10.8 Å². The fourth-order valence-corrected chi connectivity index (χ4v) is 5.02. The molecule has 3 aliphatic carbocycles. The first kappa shape index (κ1) is 21.7. The van der Waals surface area contributed by atoms with E-state index in [1.54, 1.807) is 32.3 Å². The molecule has 9 nitrogen and oxygen atoms in total. The van der Waals surface area contributed by atoms with Gasteiger partial charge in [0, 0.05) is 24.7 Å². The van der Waals surface area contributed by atoms with Crippen LogP contribution < -0.4 is 14.8 Å². The summed E-state index contributed by atoms with van der Waals surface area (Å²) in [4.78, 5) is 16.9. The average molecular weight is 463 g/mol. The second-order valence-electron chi connectivity index (χ2n) is 7.96. The van der Waals surface area contributed by atoms with Crippen molar-refractivity contribution in [2.45, 2.75) is 26.2 Å². The minimum Gasteiger partial charge on any atom is -0.588 e. The van der Waals surface area contributed by atoms with E-state index in [-0.39, 0.29) is 15.6 Å². The van der Waals surface area contributed by atoms with Gasteiger partial charge in [-0.3, -0.25) is 4.79 Å². The molecule has 164 valence electrons. The molecule has 5 rings (SSSR count). The molecule has 2 heterocycles. The lowest BCUT2D eigenvalue weighted by Gasteiger charge is -2.61. The fourth-order valence-electron chi connectivity index (χ4n) is 3.91. The molecular weight excluding hydrogens is 440 g/mol. The SMILES string of the molecule is CN/C(C)=C(\C=N)[S+]([O-])NC(=O)c1ccc(-n2ccc(OCC34CC(C3)C4)n2)nc1Cl. The summed E-state index contributed by atoms with van der Waals surface area (Å²) in [5.41, 5.74) is 0.945. The summed E-state index contributed by atoms with van der Waals surface area (Å²) in [6, 6.07) is 4.84. The normalized spacial score (nSPS) is 23.0. The Labute approximate surface area is 188 Å². The Morgan fingerprint density at radius 1 is 1.45 bits per heavy atom. The molecule has 2 aromatic rings. The lowest BCUT2D eigenvalue weighted by Crippen LogP contribution is -2.55. The first-order valence-electron chi connectivity index (χ1n) is 9.81. The number of ether oxygens (including phenoxy) is 1. The second-order valence-corrected chi connectivity index (χ2v) is 9.50. The highest BCUT2D eigenvalue weighted by molar-refractivity contribution is 7.94. The number of hydrogen-bond acceptors (Lipinski definition) is 7. The van der Waals surface area contributed by atoms with Crippen LogP contribution in [0.15, 0.2) is 35.0 Å². The van der Waals surface area contributed by atoms with Gasteiger partial charge in [-0.05, 0) is 44.2 Å². The number of carbonyl (C=O) groups excluding carboxylic acids is 1. The smallest absolute Gasteiger partial charge is 0.295 e. The number of carbonyl (C=O) groups is 1. The van der Waals surface area contributed by atoms with Crippen LogP contribution in [0.25, 0.3) is 5.82 Å². The highest BCUT2D eigenvalue weighted by atomic mass is 35.5. The number of hydrogen-bond donors (Lipinski definition) is 3.